The van der Waals surface area contributed by atoms with Gasteiger partial charge in [0.2, 0.25) is 5.91 Å². The predicted octanol–water partition coefficient (Wildman–Crippen LogP) is 4.90. The van der Waals surface area contributed by atoms with Crippen molar-refractivity contribution in [2.45, 2.75) is 84.4 Å². The quantitative estimate of drug-likeness (QED) is 0.425. The third-order valence-corrected chi connectivity index (χ3v) is 4.02. The lowest BCUT2D eigenvalue weighted by molar-refractivity contribution is -0.121. The summed E-state index contributed by atoms with van der Waals surface area (Å²) in [4.78, 5) is 11.6. The van der Waals surface area contributed by atoms with Crippen LogP contribution in [0.2, 0.25) is 0 Å². The molecular weight excluding hydrogens is 258 g/mol. The summed E-state index contributed by atoms with van der Waals surface area (Å²) in [6.07, 6.45) is 9.98. The van der Waals surface area contributed by atoms with Gasteiger partial charge in [0.05, 0.1) is 0 Å². The number of hydrogen-bond acceptors (Lipinski definition) is 1. The van der Waals surface area contributed by atoms with E-state index in [1.807, 2.05) is 0 Å². The SMILES string of the molecule is CCCCCCC(C)(CCCC)CNC(=O)[C@@H](C)Cl. The summed E-state index contributed by atoms with van der Waals surface area (Å²) >= 11 is 5.79. The number of halogens is 1. The molecule has 1 unspecified atom stereocenters. The van der Waals surface area contributed by atoms with Crippen molar-refractivity contribution in [2.24, 2.45) is 5.41 Å². The van der Waals surface area contributed by atoms with Crippen LogP contribution in [0.5, 0.6) is 0 Å². The molecule has 114 valence electrons. The average Bonchev–Trinajstić information content (AvgIpc) is 2.39. The van der Waals surface area contributed by atoms with Gasteiger partial charge in [-0.25, -0.2) is 0 Å². The van der Waals surface area contributed by atoms with Gasteiger partial charge < -0.3 is 5.32 Å². The molecule has 0 bridgehead atoms. The fourth-order valence-corrected chi connectivity index (χ4v) is 2.40. The lowest BCUT2D eigenvalue weighted by Gasteiger charge is -2.30. The number of rotatable bonds is 11. The van der Waals surface area contributed by atoms with Gasteiger partial charge in [-0.2, -0.15) is 0 Å². The molecular formula is C16H32ClNO. The monoisotopic (exact) mass is 289 g/mol. The Hall–Kier alpha value is -0.240. The summed E-state index contributed by atoms with van der Waals surface area (Å²) < 4.78 is 0. The van der Waals surface area contributed by atoms with E-state index in [0.717, 1.165) is 6.54 Å². The Morgan fingerprint density at radius 1 is 1.11 bits per heavy atom. The third kappa shape index (κ3) is 9.32. The van der Waals surface area contributed by atoms with E-state index in [4.69, 9.17) is 11.6 Å². The predicted molar refractivity (Wildman–Crippen MR) is 84.7 cm³/mol. The van der Waals surface area contributed by atoms with E-state index >= 15 is 0 Å². The number of carbonyl (C=O) groups is 1. The number of alkyl halides is 1. The molecule has 0 aromatic heterocycles. The molecule has 19 heavy (non-hydrogen) atoms. The van der Waals surface area contributed by atoms with E-state index in [1.54, 1.807) is 6.92 Å². The maximum absolute atomic E-state index is 11.6. The highest BCUT2D eigenvalue weighted by Gasteiger charge is 2.24. The highest BCUT2D eigenvalue weighted by Crippen LogP contribution is 2.30. The van der Waals surface area contributed by atoms with Crippen LogP contribution in [-0.2, 0) is 4.79 Å². The van der Waals surface area contributed by atoms with E-state index in [0.29, 0.717) is 0 Å². The Morgan fingerprint density at radius 2 is 1.68 bits per heavy atom. The summed E-state index contributed by atoms with van der Waals surface area (Å²) in [5.74, 6) is -0.0436. The molecule has 0 rings (SSSR count). The zero-order valence-corrected chi connectivity index (χ0v) is 14.0. The molecule has 1 amide bonds. The fourth-order valence-electron chi connectivity index (χ4n) is 2.33. The first-order valence-corrected chi connectivity index (χ1v) is 8.30. The molecule has 0 aromatic rings. The number of amides is 1. The maximum atomic E-state index is 11.6. The second-order valence-corrected chi connectivity index (χ2v) is 6.71. The van der Waals surface area contributed by atoms with Gasteiger partial charge in [-0.3, -0.25) is 4.79 Å². The van der Waals surface area contributed by atoms with Crippen LogP contribution in [0.1, 0.15) is 79.1 Å². The van der Waals surface area contributed by atoms with Crippen LogP contribution in [0.15, 0.2) is 0 Å². The Morgan fingerprint density at radius 3 is 2.21 bits per heavy atom. The summed E-state index contributed by atoms with van der Waals surface area (Å²) in [6, 6.07) is 0. The van der Waals surface area contributed by atoms with Crippen LogP contribution in [-0.4, -0.2) is 17.8 Å². The van der Waals surface area contributed by atoms with E-state index < -0.39 is 5.38 Å². The molecule has 2 nitrogen and oxygen atoms in total. The first kappa shape index (κ1) is 18.8. The third-order valence-electron chi connectivity index (χ3n) is 3.82. The maximum Gasteiger partial charge on any atom is 0.237 e. The molecule has 0 spiro atoms. The van der Waals surface area contributed by atoms with Crippen molar-refractivity contribution >= 4 is 17.5 Å². The minimum atomic E-state index is -0.435. The molecule has 0 saturated carbocycles. The van der Waals surface area contributed by atoms with Crippen molar-refractivity contribution in [1.29, 1.82) is 0 Å². The van der Waals surface area contributed by atoms with Crippen molar-refractivity contribution in [3.05, 3.63) is 0 Å². The molecule has 0 fully saturated rings. The van der Waals surface area contributed by atoms with Crippen molar-refractivity contribution in [3.8, 4) is 0 Å². The van der Waals surface area contributed by atoms with Crippen molar-refractivity contribution in [2.75, 3.05) is 6.54 Å². The van der Waals surface area contributed by atoms with Crippen LogP contribution in [0, 0.1) is 5.41 Å². The molecule has 0 aliphatic rings. The van der Waals surface area contributed by atoms with Crippen molar-refractivity contribution < 1.29 is 4.79 Å². The summed E-state index contributed by atoms with van der Waals surface area (Å²) in [6.45, 7) is 9.24. The average molecular weight is 290 g/mol. The van der Waals surface area contributed by atoms with Gasteiger partial charge in [0.25, 0.3) is 0 Å². The first-order chi connectivity index (χ1) is 8.95. The molecule has 0 heterocycles. The topological polar surface area (TPSA) is 29.1 Å². The fraction of sp³-hybridized carbons (Fsp3) is 0.938. The van der Waals surface area contributed by atoms with Crippen LogP contribution in [0.4, 0.5) is 0 Å². The standard InChI is InChI=1S/C16H32ClNO/c1-5-7-9-10-12-16(4,11-8-6-2)13-18-15(19)14(3)17/h14H,5-13H2,1-4H3,(H,18,19)/t14-,16?/m1/s1. The number of hydrogen-bond donors (Lipinski definition) is 1. The van der Waals surface area contributed by atoms with Gasteiger partial charge in [-0.1, -0.05) is 59.3 Å². The summed E-state index contributed by atoms with van der Waals surface area (Å²) in [5, 5.41) is 2.57. The molecule has 0 radical (unpaired) electrons. The molecule has 0 saturated heterocycles. The van der Waals surface area contributed by atoms with Crippen LogP contribution < -0.4 is 5.32 Å². The number of unbranched alkanes of at least 4 members (excludes halogenated alkanes) is 4. The number of carbonyl (C=O) groups excluding carboxylic acids is 1. The Balaban J connectivity index is 4.20. The van der Waals surface area contributed by atoms with Gasteiger partial charge in [0, 0.05) is 6.54 Å². The zero-order valence-electron chi connectivity index (χ0n) is 13.2. The molecule has 1 N–H and O–H groups in total. The minimum absolute atomic E-state index is 0.0436. The Labute approximate surface area is 124 Å². The smallest absolute Gasteiger partial charge is 0.237 e. The summed E-state index contributed by atoms with van der Waals surface area (Å²) in [7, 11) is 0. The van der Waals surface area contributed by atoms with Crippen LogP contribution >= 0.6 is 11.6 Å². The van der Waals surface area contributed by atoms with E-state index in [2.05, 4.69) is 26.1 Å². The lowest BCUT2D eigenvalue weighted by Crippen LogP contribution is -2.38. The first-order valence-electron chi connectivity index (χ1n) is 7.87. The second kappa shape index (κ2) is 10.5. The minimum Gasteiger partial charge on any atom is -0.354 e. The Kier molecular flexibility index (Phi) is 10.4. The lowest BCUT2D eigenvalue weighted by atomic mass is 9.80. The van der Waals surface area contributed by atoms with E-state index in [-0.39, 0.29) is 11.3 Å². The second-order valence-electron chi connectivity index (χ2n) is 6.06. The molecule has 2 atom stereocenters. The van der Waals surface area contributed by atoms with Gasteiger partial charge in [0.1, 0.15) is 5.38 Å². The van der Waals surface area contributed by atoms with Gasteiger partial charge >= 0.3 is 0 Å². The van der Waals surface area contributed by atoms with Crippen molar-refractivity contribution in [3.63, 3.8) is 0 Å². The van der Waals surface area contributed by atoms with Gasteiger partial charge in [-0.05, 0) is 25.2 Å². The van der Waals surface area contributed by atoms with Gasteiger partial charge in [0.15, 0.2) is 0 Å². The highest BCUT2D eigenvalue weighted by atomic mass is 35.5. The van der Waals surface area contributed by atoms with Crippen molar-refractivity contribution in [1.82, 2.24) is 5.32 Å². The molecule has 3 heteroatoms. The highest BCUT2D eigenvalue weighted by molar-refractivity contribution is 6.30. The summed E-state index contributed by atoms with van der Waals surface area (Å²) in [5.41, 5.74) is 0.227. The molecule has 0 aliphatic heterocycles. The Bertz CT molecular complexity index is 243. The molecule has 0 aromatic carbocycles. The van der Waals surface area contributed by atoms with Crippen LogP contribution in [0.3, 0.4) is 0 Å². The van der Waals surface area contributed by atoms with E-state index in [9.17, 15) is 4.79 Å². The molecule has 0 aliphatic carbocycles. The van der Waals surface area contributed by atoms with Gasteiger partial charge in [-0.15, -0.1) is 11.6 Å². The largest absolute Gasteiger partial charge is 0.354 e. The van der Waals surface area contributed by atoms with Crippen LogP contribution in [0.25, 0.3) is 0 Å². The van der Waals surface area contributed by atoms with E-state index in [1.165, 1.54) is 51.4 Å². The normalized spacial score (nSPS) is 15.8. The number of nitrogens with one attached hydrogen (secondary N) is 1. The zero-order chi connectivity index (χ0) is 14.7.